The Morgan fingerprint density at radius 1 is 0.882 bits per heavy atom. The smallest absolute Gasteiger partial charge is 0.328 e. The third-order valence-electron chi connectivity index (χ3n) is 13.0. The number of nitrogens with zero attached hydrogens (tertiary/aromatic N) is 4. The van der Waals surface area contributed by atoms with Gasteiger partial charge in [-0.25, -0.2) is 18.4 Å². The summed E-state index contributed by atoms with van der Waals surface area (Å²) in [5, 5.41) is 20.6. The molecular formula is C53H70F2N10O11. The Morgan fingerprint density at radius 2 is 1.55 bits per heavy atom. The second kappa shape index (κ2) is 27.3. The molecule has 2 aromatic carbocycles. The molecule has 9 amide bonds. The summed E-state index contributed by atoms with van der Waals surface area (Å²) in [5.74, 6) is -6.81. The van der Waals surface area contributed by atoms with Crippen molar-refractivity contribution in [2.75, 3.05) is 45.9 Å². The van der Waals surface area contributed by atoms with Crippen molar-refractivity contribution in [1.82, 2.24) is 40.5 Å². The van der Waals surface area contributed by atoms with Crippen molar-refractivity contribution in [3.05, 3.63) is 95.8 Å². The molecular weight excluding hydrogens is 991 g/mol. The quantitative estimate of drug-likeness (QED) is 0.0365. The van der Waals surface area contributed by atoms with Crippen molar-refractivity contribution >= 4 is 53.4 Å². The van der Waals surface area contributed by atoms with Crippen LogP contribution in [0.2, 0.25) is 0 Å². The lowest BCUT2D eigenvalue weighted by Gasteiger charge is -2.41. The predicted molar refractivity (Wildman–Crippen MR) is 274 cm³/mol. The van der Waals surface area contributed by atoms with Gasteiger partial charge in [0, 0.05) is 93.7 Å². The number of hydrogen-bond acceptors (Lipinski definition) is 12. The predicted octanol–water partition coefficient (Wildman–Crippen LogP) is 2.15. The van der Waals surface area contributed by atoms with E-state index in [-0.39, 0.29) is 76.8 Å². The summed E-state index contributed by atoms with van der Waals surface area (Å²) < 4.78 is 37.2. The summed E-state index contributed by atoms with van der Waals surface area (Å²) in [6.45, 7) is 8.14. The number of hydrogen-bond donors (Lipinski definition) is 7. The van der Waals surface area contributed by atoms with Gasteiger partial charge in [0.15, 0.2) is 0 Å². The fraction of sp³-hybridized carbons (Fsp3) is 0.491. The minimum absolute atomic E-state index is 0.0157. The van der Waals surface area contributed by atoms with E-state index in [1.54, 1.807) is 26.1 Å². The van der Waals surface area contributed by atoms with E-state index >= 15 is 4.39 Å². The van der Waals surface area contributed by atoms with E-state index in [0.29, 0.717) is 17.8 Å². The van der Waals surface area contributed by atoms with E-state index < -0.39 is 120 Å². The number of ether oxygens (including phenoxy) is 1. The summed E-state index contributed by atoms with van der Waals surface area (Å²) >= 11 is 0. The van der Waals surface area contributed by atoms with Gasteiger partial charge in [0.25, 0.3) is 11.8 Å². The van der Waals surface area contributed by atoms with Gasteiger partial charge in [-0.1, -0.05) is 65.0 Å². The summed E-state index contributed by atoms with van der Waals surface area (Å²) in [7, 11) is 0. The molecule has 9 N–H and O–H groups in total. The highest BCUT2D eigenvalue weighted by Crippen LogP contribution is 2.41. The molecule has 76 heavy (non-hydrogen) atoms. The minimum Gasteiger partial charge on any atom is -0.461 e. The number of likely N-dealkylation sites (tertiary alicyclic amines) is 1. The van der Waals surface area contributed by atoms with Crippen molar-refractivity contribution in [3.8, 4) is 11.1 Å². The Kier molecular flexibility index (Phi) is 21.3. The normalized spacial score (nSPS) is 15.4. The van der Waals surface area contributed by atoms with Crippen molar-refractivity contribution in [2.24, 2.45) is 22.8 Å². The van der Waals surface area contributed by atoms with Crippen molar-refractivity contribution in [1.29, 1.82) is 0 Å². The van der Waals surface area contributed by atoms with Gasteiger partial charge in [0.05, 0.1) is 12.1 Å². The second-order valence-electron chi connectivity index (χ2n) is 20.2. The van der Waals surface area contributed by atoms with Gasteiger partial charge in [0.1, 0.15) is 43.0 Å². The van der Waals surface area contributed by atoms with Crippen LogP contribution in [0.15, 0.2) is 72.9 Å². The molecule has 5 rings (SSSR count). The first kappa shape index (κ1) is 59.3. The Labute approximate surface area is 440 Å². The lowest BCUT2D eigenvalue weighted by atomic mass is 9.82. The molecule has 0 unspecified atom stereocenters. The number of urea groups is 1. The molecule has 0 aliphatic carbocycles. The molecule has 23 heteroatoms. The Morgan fingerprint density at radius 3 is 2.17 bits per heavy atom. The van der Waals surface area contributed by atoms with Crippen molar-refractivity contribution in [3.63, 3.8) is 0 Å². The number of rotatable bonds is 25. The first-order valence-electron chi connectivity index (χ1n) is 25.2. The topological polar surface area (TPSA) is 298 Å². The van der Waals surface area contributed by atoms with Gasteiger partial charge >= 0.3 is 12.0 Å². The zero-order valence-corrected chi connectivity index (χ0v) is 43.5. The monoisotopic (exact) mass is 1060 g/mol. The number of primary amides is 1. The second-order valence-corrected chi connectivity index (χ2v) is 20.2. The fourth-order valence-electron chi connectivity index (χ4n) is 9.04. The number of esters is 1. The molecule has 4 atom stereocenters. The lowest BCUT2D eigenvalue weighted by Crippen LogP contribution is -2.55. The molecule has 1 aromatic heterocycles. The van der Waals surface area contributed by atoms with Crippen LogP contribution in [0.3, 0.4) is 0 Å². The number of nitrogens with one attached hydrogen (secondary N) is 4. The molecule has 1 fully saturated rings. The van der Waals surface area contributed by atoms with Crippen LogP contribution >= 0.6 is 0 Å². The zero-order valence-electron chi connectivity index (χ0n) is 43.5. The SMILES string of the molecule is CC(C)[C@H](NC(=O)CCNC(=O)[C@@H](N)CCN(C(=O)CO)[C@@H](c1cc(-c2cc(F)ccc2F)cn1Cc1ccccc1)C(C)(C)C)C(=O)N[C@@H](CCCNC(N)=O)C(=O)OC1CCN(C(=O)CN2C(=O)C=CC2=O)CC1. The fourth-order valence-corrected chi connectivity index (χ4v) is 9.04. The zero-order chi connectivity index (χ0) is 55.9. The van der Waals surface area contributed by atoms with Crippen molar-refractivity contribution in [2.45, 2.75) is 110 Å². The number of aliphatic hydroxyl groups is 1. The number of aliphatic hydroxyl groups excluding tert-OH is 1. The Balaban J connectivity index is 1.18. The van der Waals surface area contributed by atoms with E-state index in [4.69, 9.17) is 16.2 Å². The maximum absolute atomic E-state index is 15.2. The van der Waals surface area contributed by atoms with Crippen LogP contribution < -0.4 is 32.7 Å². The molecule has 0 radical (unpaired) electrons. The molecule has 412 valence electrons. The van der Waals surface area contributed by atoms with Crippen LogP contribution in [0, 0.1) is 23.0 Å². The highest BCUT2D eigenvalue weighted by atomic mass is 19.1. The highest BCUT2D eigenvalue weighted by molar-refractivity contribution is 6.14. The third kappa shape index (κ3) is 16.7. The van der Waals surface area contributed by atoms with Gasteiger partial charge in [-0.15, -0.1) is 0 Å². The van der Waals surface area contributed by atoms with Gasteiger partial charge in [0.2, 0.25) is 29.5 Å². The van der Waals surface area contributed by atoms with E-state index in [1.807, 2.05) is 55.7 Å². The number of carbonyl (C=O) groups is 9. The number of benzene rings is 2. The van der Waals surface area contributed by atoms with E-state index in [2.05, 4.69) is 21.3 Å². The maximum atomic E-state index is 15.2. The number of imide groups is 1. The van der Waals surface area contributed by atoms with E-state index in [1.165, 1.54) is 9.80 Å². The summed E-state index contributed by atoms with van der Waals surface area (Å²) in [5.41, 5.74) is 12.6. The minimum atomic E-state index is -1.22. The van der Waals surface area contributed by atoms with Gasteiger partial charge in [-0.2, -0.15) is 0 Å². The summed E-state index contributed by atoms with van der Waals surface area (Å²) in [4.78, 5) is 119. The summed E-state index contributed by atoms with van der Waals surface area (Å²) in [6, 6.07) is 9.11. The van der Waals surface area contributed by atoms with E-state index in [9.17, 15) is 52.6 Å². The standard InChI is InChI=1S/C53H70F2N10O11/c1-32(2)47(50(73)60-40(12-9-21-59-52(57)75)51(74)76-36-18-23-62(24-19-36)45(70)30-65-43(68)15-16-44(65)69)61-42(67)17-22-58-49(72)39(56)20-25-64(46(71)31-66)48(53(3,4)5)41-26-34(37-27-35(54)13-14-38(37)55)29-63(41)28-33-10-7-6-8-11-33/h6-8,10-11,13-16,26-27,29,32,36,39-40,47-48,66H,9,12,17-25,28,30-31,56H2,1-5H3,(H,58,72)(H,60,73)(H,61,67)(H3,57,59,75)/t39-,40-,47-,48-/m0/s1. The van der Waals surface area contributed by atoms with Gasteiger partial charge in [-0.05, 0) is 60.4 Å². The number of piperidine rings is 1. The number of nitrogens with two attached hydrogens (primary N) is 2. The molecule has 1 saturated heterocycles. The van der Waals surface area contributed by atoms with Crippen LogP contribution in [-0.4, -0.2) is 148 Å². The average Bonchev–Trinajstić information content (AvgIpc) is 3.92. The van der Waals surface area contributed by atoms with Crippen LogP contribution in [0.5, 0.6) is 0 Å². The molecule has 0 spiro atoms. The van der Waals surface area contributed by atoms with Gasteiger partial charge < -0.3 is 56.9 Å². The van der Waals surface area contributed by atoms with Crippen molar-refractivity contribution < 1.29 is 61.8 Å². The number of halogens is 2. The molecule has 0 saturated carbocycles. The third-order valence-corrected chi connectivity index (χ3v) is 13.0. The number of aromatic nitrogens is 1. The Hall–Kier alpha value is -7.53. The molecule has 0 bridgehead atoms. The largest absolute Gasteiger partial charge is 0.461 e. The maximum Gasteiger partial charge on any atom is 0.328 e. The molecule has 2 aliphatic rings. The molecule has 3 heterocycles. The Bertz CT molecular complexity index is 2600. The molecule has 21 nitrogen and oxygen atoms in total. The van der Waals surface area contributed by atoms with Gasteiger partial charge in [-0.3, -0.25) is 38.5 Å². The van der Waals surface area contributed by atoms with Crippen LogP contribution in [-0.2, 0) is 49.6 Å². The number of carbonyl (C=O) groups excluding carboxylic acids is 9. The van der Waals surface area contributed by atoms with Crippen LogP contribution in [0.4, 0.5) is 13.6 Å². The first-order chi connectivity index (χ1) is 36.0. The summed E-state index contributed by atoms with van der Waals surface area (Å²) in [6.07, 6.45) is 3.55. The van der Waals surface area contributed by atoms with Crippen LogP contribution in [0.1, 0.15) is 90.4 Å². The average molecular weight is 1060 g/mol. The van der Waals surface area contributed by atoms with E-state index in [0.717, 1.165) is 40.8 Å². The molecule has 2 aliphatic heterocycles. The highest BCUT2D eigenvalue weighted by Gasteiger charge is 2.38. The molecule has 3 aromatic rings. The first-order valence-corrected chi connectivity index (χ1v) is 25.2. The van der Waals surface area contributed by atoms with Crippen LogP contribution in [0.25, 0.3) is 11.1 Å². The number of amides is 9. The lowest BCUT2D eigenvalue weighted by molar-refractivity contribution is -0.157.